The van der Waals surface area contributed by atoms with E-state index in [0.717, 1.165) is 0 Å². The first kappa shape index (κ1) is 17.0. The van der Waals surface area contributed by atoms with Gasteiger partial charge in [0.2, 0.25) is 0 Å². The number of rotatable bonds is 4. The minimum atomic E-state index is 1.23. The molecule has 0 aliphatic rings. The second-order valence-corrected chi connectivity index (χ2v) is 6.61. The van der Waals surface area contributed by atoms with Crippen molar-refractivity contribution in [2.45, 2.75) is 20.8 Å². The lowest BCUT2D eigenvalue weighted by Gasteiger charge is -2.03. The zero-order valence-corrected chi connectivity index (χ0v) is 15.2. The highest BCUT2D eigenvalue weighted by atomic mass is 14.0. The van der Waals surface area contributed by atoms with Crippen LogP contribution in [0.25, 0.3) is 24.3 Å². The highest BCUT2D eigenvalue weighted by Gasteiger charge is 1.96. The van der Waals surface area contributed by atoms with Crippen molar-refractivity contribution in [1.29, 1.82) is 0 Å². The number of hydrogen-bond donors (Lipinski definition) is 0. The van der Waals surface area contributed by atoms with E-state index >= 15 is 0 Å². The Morgan fingerprint density at radius 2 is 1.04 bits per heavy atom. The molecule has 0 bridgehead atoms. The second-order valence-electron chi connectivity index (χ2n) is 6.61. The maximum Gasteiger partial charge on any atom is -0.0227 e. The van der Waals surface area contributed by atoms with Gasteiger partial charge in [-0.25, -0.2) is 0 Å². The van der Waals surface area contributed by atoms with Crippen molar-refractivity contribution in [3.05, 3.63) is 106 Å². The maximum atomic E-state index is 2.24. The molecule has 0 heteroatoms. The first-order valence-electron chi connectivity index (χ1n) is 8.70. The maximum absolute atomic E-state index is 2.24. The van der Waals surface area contributed by atoms with E-state index in [9.17, 15) is 0 Å². The van der Waals surface area contributed by atoms with Gasteiger partial charge in [0.1, 0.15) is 0 Å². The molecule has 0 nitrogen and oxygen atoms in total. The molecule has 0 atom stereocenters. The van der Waals surface area contributed by atoms with E-state index in [4.69, 9.17) is 0 Å². The Morgan fingerprint density at radius 1 is 0.520 bits per heavy atom. The van der Waals surface area contributed by atoms with Crippen molar-refractivity contribution < 1.29 is 0 Å². The molecule has 0 aliphatic heterocycles. The predicted molar refractivity (Wildman–Crippen MR) is 111 cm³/mol. The van der Waals surface area contributed by atoms with Crippen molar-refractivity contribution in [3.63, 3.8) is 0 Å². The van der Waals surface area contributed by atoms with E-state index in [0.29, 0.717) is 0 Å². The first-order valence-corrected chi connectivity index (χ1v) is 8.70. The van der Waals surface area contributed by atoms with Crippen LogP contribution in [0, 0.1) is 20.8 Å². The molecule has 0 spiro atoms. The molecule has 0 aromatic heterocycles. The van der Waals surface area contributed by atoms with Crippen LogP contribution in [0.3, 0.4) is 0 Å². The first-order chi connectivity index (χ1) is 12.1. The molecule has 0 heterocycles. The molecule has 0 saturated heterocycles. The van der Waals surface area contributed by atoms with Crippen LogP contribution in [0.4, 0.5) is 0 Å². The van der Waals surface area contributed by atoms with Crippen molar-refractivity contribution in [2.75, 3.05) is 0 Å². The van der Waals surface area contributed by atoms with Crippen LogP contribution in [0.1, 0.15) is 38.9 Å². The van der Waals surface area contributed by atoms with Gasteiger partial charge in [-0.2, -0.15) is 0 Å². The molecule has 3 rings (SSSR count). The van der Waals surface area contributed by atoms with Crippen LogP contribution in [0.2, 0.25) is 0 Å². The molecule has 0 N–H and O–H groups in total. The zero-order valence-electron chi connectivity index (χ0n) is 15.2. The van der Waals surface area contributed by atoms with E-state index in [1.807, 2.05) is 0 Å². The normalized spacial score (nSPS) is 11.5. The fourth-order valence-corrected chi connectivity index (χ4v) is 2.92. The lowest BCUT2D eigenvalue weighted by molar-refractivity contribution is 1.43. The van der Waals surface area contributed by atoms with Gasteiger partial charge in [-0.15, -0.1) is 0 Å². The molecule has 25 heavy (non-hydrogen) atoms. The smallest absolute Gasteiger partial charge is 0.0227 e. The summed E-state index contributed by atoms with van der Waals surface area (Å²) in [5.41, 5.74) is 8.82. The number of hydrogen-bond acceptors (Lipinski definition) is 0. The van der Waals surface area contributed by atoms with Gasteiger partial charge in [0.25, 0.3) is 0 Å². The summed E-state index contributed by atoms with van der Waals surface area (Å²) in [5, 5.41) is 0. The fraction of sp³-hybridized carbons (Fsp3) is 0.120. The van der Waals surface area contributed by atoms with E-state index in [1.54, 1.807) is 0 Å². The Hall–Kier alpha value is -2.86. The molecule has 124 valence electrons. The zero-order chi connectivity index (χ0) is 17.6. The monoisotopic (exact) mass is 324 g/mol. The highest BCUT2D eigenvalue weighted by molar-refractivity contribution is 5.74. The molecule has 3 aromatic rings. The largest absolute Gasteiger partial charge is 0.0614 e. The van der Waals surface area contributed by atoms with E-state index in [1.165, 1.54) is 38.9 Å². The Morgan fingerprint density at radius 3 is 1.56 bits per heavy atom. The van der Waals surface area contributed by atoms with Crippen molar-refractivity contribution in [1.82, 2.24) is 0 Å². The lowest BCUT2D eigenvalue weighted by atomic mass is 10.0. The molecule has 0 amide bonds. The fourth-order valence-electron chi connectivity index (χ4n) is 2.92. The Labute approximate surface area is 151 Å². The standard InChI is InChI=1S/C25H24/c1-19-6-4-8-22(16-19)10-11-24-13-15-25(21(3)18-24)14-12-23-9-5-7-20(2)17-23/h4-18H,1-3H3. The lowest BCUT2D eigenvalue weighted by Crippen LogP contribution is -1.83. The SMILES string of the molecule is Cc1cccc(C=Cc2ccc(C=Cc3cccc(C)c3)c(C)c2)c1. The summed E-state index contributed by atoms with van der Waals surface area (Å²) in [6, 6.07) is 23.7. The van der Waals surface area contributed by atoms with Gasteiger partial charge in [-0.05, 0) is 48.6 Å². The summed E-state index contributed by atoms with van der Waals surface area (Å²) < 4.78 is 0. The van der Waals surface area contributed by atoms with Crippen LogP contribution in [-0.4, -0.2) is 0 Å². The summed E-state index contributed by atoms with van der Waals surface area (Å²) in [4.78, 5) is 0. The molecule has 0 radical (unpaired) electrons. The van der Waals surface area contributed by atoms with Crippen LogP contribution < -0.4 is 0 Å². The predicted octanol–water partition coefficient (Wildman–Crippen LogP) is 6.95. The minimum absolute atomic E-state index is 1.23. The van der Waals surface area contributed by atoms with Crippen LogP contribution in [0.5, 0.6) is 0 Å². The Kier molecular flexibility index (Phi) is 5.30. The molecule has 3 aromatic carbocycles. The van der Waals surface area contributed by atoms with Gasteiger partial charge in [-0.1, -0.05) is 102 Å². The van der Waals surface area contributed by atoms with Gasteiger partial charge >= 0.3 is 0 Å². The third-order valence-electron chi connectivity index (χ3n) is 4.30. The quantitative estimate of drug-likeness (QED) is 0.455. The van der Waals surface area contributed by atoms with Gasteiger partial charge < -0.3 is 0 Å². The van der Waals surface area contributed by atoms with E-state index in [-0.39, 0.29) is 0 Å². The molecule has 0 unspecified atom stereocenters. The van der Waals surface area contributed by atoms with Crippen molar-refractivity contribution >= 4 is 24.3 Å². The average molecular weight is 324 g/mol. The average Bonchev–Trinajstić information content (AvgIpc) is 2.59. The highest BCUT2D eigenvalue weighted by Crippen LogP contribution is 2.17. The van der Waals surface area contributed by atoms with Gasteiger partial charge in [0, 0.05) is 0 Å². The minimum Gasteiger partial charge on any atom is -0.0614 e. The summed E-state index contributed by atoms with van der Waals surface area (Å²) >= 11 is 0. The van der Waals surface area contributed by atoms with Gasteiger partial charge in [0.15, 0.2) is 0 Å². The summed E-state index contributed by atoms with van der Waals surface area (Å²) in [5.74, 6) is 0. The van der Waals surface area contributed by atoms with E-state index < -0.39 is 0 Å². The van der Waals surface area contributed by atoms with Crippen LogP contribution in [0.15, 0.2) is 66.7 Å². The molecule has 0 saturated carbocycles. The van der Waals surface area contributed by atoms with Crippen LogP contribution >= 0.6 is 0 Å². The number of aryl methyl sites for hydroxylation is 3. The second kappa shape index (κ2) is 7.81. The van der Waals surface area contributed by atoms with Gasteiger partial charge in [0.05, 0.1) is 0 Å². The molecular weight excluding hydrogens is 300 g/mol. The third kappa shape index (κ3) is 4.81. The topological polar surface area (TPSA) is 0 Å². The number of benzene rings is 3. The Balaban J connectivity index is 1.76. The Bertz CT molecular complexity index is 926. The summed E-state index contributed by atoms with van der Waals surface area (Å²) in [7, 11) is 0. The van der Waals surface area contributed by atoms with Crippen molar-refractivity contribution in [2.24, 2.45) is 0 Å². The summed E-state index contributed by atoms with van der Waals surface area (Å²) in [6.07, 6.45) is 8.72. The molecule has 0 fully saturated rings. The van der Waals surface area contributed by atoms with Crippen molar-refractivity contribution in [3.8, 4) is 0 Å². The van der Waals surface area contributed by atoms with E-state index in [2.05, 4.69) is 112 Å². The summed E-state index contributed by atoms with van der Waals surface area (Å²) in [6.45, 7) is 6.41. The molecular formula is C25H24. The van der Waals surface area contributed by atoms with Gasteiger partial charge in [-0.3, -0.25) is 0 Å². The molecule has 0 aliphatic carbocycles. The third-order valence-corrected chi connectivity index (χ3v) is 4.30. The van der Waals surface area contributed by atoms with Crippen LogP contribution in [-0.2, 0) is 0 Å².